The molecule has 1 aromatic rings. The third kappa shape index (κ3) is 2.01. The number of rotatable bonds is 3. The molecule has 76 valence electrons. The first-order valence-corrected chi connectivity index (χ1v) is 6.03. The van der Waals surface area contributed by atoms with Gasteiger partial charge in [0.1, 0.15) is 0 Å². The molecule has 0 heterocycles. The second-order valence-corrected chi connectivity index (χ2v) is 4.92. The quantitative estimate of drug-likeness (QED) is 0.870. The third-order valence-corrected chi connectivity index (χ3v) is 3.69. The average Bonchev–Trinajstić information content (AvgIpc) is 2.13. The number of hydrogen-bond acceptors (Lipinski definition) is 1. The van der Waals surface area contributed by atoms with Gasteiger partial charge in [0, 0.05) is 10.5 Å². The molecule has 14 heavy (non-hydrogen) atoms. The van der Waals surface area contributed by atoms with Crippen LogP contribution in [0, 0.1) is 5.92 Å². The van der Waals surface area contributed by atoms with Crippen LogP contribution in [0.5, 0.6) is 0 Å². The van der Waals surface area contributed by atoms with Crippen LogP contribution < -0.4 is 5.32 Å². The zero-order valence-electron chi connectivity index (χ0n) is 8.46. The Hall–Kier alpha value is -0.340. The number of nitrogens with one attached hydrogen (secondary N) is 1. The van der Waals surface area contributed by atoms with Gasteiger partial charge in [-0.2, -0.15) is 0 Å². The van der Waals surface area contributed by atoms with Crippen LogP contribution >= 0.6 is 15.9 Å². The Morgan fingerprint density at radius 2 is 1.93 bits per heavy atom. The first-order valence-electron chi connectivity index (χ1n) is 5.24. The van der Waals surface area contributed by atoms with Gasteiger partial charge < -0.3 is 5.32 Å². The average molecular weight is 254 g/mol. The van der Waals surface area contributed by atoms with Crippen LogP contribution in [0.4, 0.5) is 0 Å². The first kappa shape index (κ1) is 10.2. The van der Waals surface area contributed by atoms with Gasteiger partial charge in [-0.25, -0.2) is 0 Å². The van der Waals surface area contributed by atoms with E-state index in [1.54, 1.807) is 0 Å². The monoisotopic (exact) mass is 253 g/mol. The summed E-state index contributed by atoms with van der Waals surface area (Å²) >= 11 is 3.46. The van der Waals surface area contributed by atoms with Crippen molar-refractivity contribution in [2.75, 3.05) is 7.05 Å². The van der Waals surface area contributed by atoms with Gasteiger partial charge in [0.15, 0.2) is 0 Å². The van der Waals surface area contributed by atoms with Gasteiger partial charge in [0.2, 0.25) is 0 Å². The summed E-state index contributed by atoms with van der Waals surface area (Å²) in [6, 6.07) is 9.22. The molecule has 1 saturated carbocycles. The van der Waals surface area contributed by atoms with Gasteiger partial charge in [0.05, 0.1) is 0 Å². The molecule has 1 nitrogen and oxygen atoms in total. The largest absolute Gasteiger partial charge is 0.313 e. The maximum atomic E-state index is 3.46. The molecular formula is C12H16BrN. The molecule has 1 fully saturated rings. The van der Waals surface area contributed by atoms with E-state index in [1.165, 1.54) is 24.8 Å². The zero-order valence-corrected chi connectivity index (χ0v) is 10.0. The Bertz CT molecular complexity index is 290. The van der Waals surface area contributed by atoms with E-state index in [4.69, 9.17) is 0 Å². The van der Waals surface area contributed by atoms with E-state index < -0.39 is 0 Å². The maximum absolute atomic E-state index is 3.46. The third-order valence-electron chi connectivity index (χ3n) is 3.16. The molecular weight excluding hydrogens is 238 g/mol. The van der Waals surface area contributed by atoms with E-state index in [0.717, 1.165) is 10.4 Å². The fraction of sp³-hybridized carbons (Fsp3) is 0.500. The van der Waals surface area contributed by atoms with E-state index in [-0.39, 0.29) is 0 Å². The Kier molecular flexibility index (Phi) is 3.24. The lowest BCUT2D eigenvalue weighted by Gasteiger charge is -2.33. The standard InChI is InChI=1S/C12H16BrN/c1-14-12(9-3-2-4-9)10-5-7-11(13)8-6-10/h5-9,12,14H,2-4H2,1H3. The van der Waals surface area contributed by atoms with Crippen molar-refractivity contribution in [3.8, 4) is 0 Å². The van der Waals surface area contributed by atoms with Gasteiger partial charge >= 0.3 is 0 Å². The van der Waals surface area contributed by atoms with Crippen LogP contribution in [0.3, 0.4) is 0 Å². The lowest BCUT2D eigenvalue weighted by molar-refractivity contribution is 0.239. The van der Waals surface area contributed by atoms with Crippen molar-refractivity contribution in [2.24, 2.45) is 5.92 Å². The normalized spacial score (nSPS) is 19.0. The SMILES string of the molecule is CNC(c1ccc(Br)cc1)C1CCC1. The fourth-order valence-electron chi connectivity index (χ4n) is 2.12. The molecule has 0 radical (unpaired) electrons. The molecule has 1 unspecified atom stereocenters. The second kappa shape index (κ2) is 4.45. The van der Waals surface area contributed by atoms with Crippen LogP contribution in [0.1, 0.15) is 30.9 Å². The minimum atomic E-state index is 0.553. The summed E-state index contributed by atoms with van der Waals surface area (Å²) < 4.78 is 1.16. The molecule has 0 aromatic heterocycles. The zero-order chi connectivity index (χ0) is 9.97. The minimum Gasteiger partial charge on any atom is -0.313 e. The van der Waals surface area contributed by atoms with E-state index in [1.807, 2.05) is 0 Å². The van der Waals surface area contributed by atoms with Gasteiger partial charge in [-0.15, -0.1) is 0 Å². The molecule has 0 aliphatic heterocycles. The second-order valence-electron chi connectivity index (χ2n) is 4.01. The maximum Gasteiger partial charge on any atom is 0.0346 e. The topological polar surface area (TPSA) is 12.0 Å². The molecule has 0 bridgehead atoms. The summed E-state index contributed by atoms with van der Waals surface area (Å²) in [4.78, 5) is 0. The van der Waals surface area contributed by atoms with Crippen LogP contribution in [0.2, 0.25) is 0 Å². The summed E-state index contributed by atoms with van der Waals surface area (Å²) in [5.74, 6) is 0.848. The highest BCUT2D eigenvalue weighted by molar-refractivity contribution is 9.10. The van der Waals surface area contributed by atoms with Crippen LogP contribution in [-0.4, -0.2) is 7.05 Å². The van der Waals surface area contributed by atoms with E-state index >= 15 is 0 Å². The van der Waals surface area contributed by atoms with Crippen molar-refractivity contribution >= 4 is 15.9 Å². The molecule has 1 aliphatic rings. The van der Waals surface area contributed by atoms with Crippen molar-refractivity contribution in [3.63, 3.8) is 0 Å². The lowest BCUT2D eigenvalue weighted by Crippen LogP contribution is -2.29. The molecule has 0 amide bonds. The van der Waals surface area contributed by atoms with Crippen molar-refractivity contribution in [1.29, 1.82) is 0 Å². The molecule has 2 rings (SSSR count). The van der Waals surface area contributed by atoms with E-state index in [0.29, 0.717) is 6.04 Å². The smallest absolute Gasteiger partial charge is 0.0346 e. The van der Waals surface area contributed by atoms with E-state index in [9.17, 15) is 0 Å². The Morgan fingerprint density at radius 3 is 2.36 bits per heavy atom. The van der Waals surface area contributed by atoms with Crippen molar-refractivity contribution in [3.05, 3.63) is 34.3 Å². The van der Waals surface area contributed by atoms with Gasteiger partial charge in [0.25, 0.3) is 0 Å². The van der Waals surface area contributed by atoms with Crippen molar-refractivity contribution in [1.82, 2.24) is 5.32 Å². The summed E-state index contributed by atoms with van der Waals surface area (Å²) in [7, 11) is 2.06. The molecule has 0 spiro atoms. The Morgan fingerprint density at radius 1 is 1.29 bits per heavy atom. The Balaban J connectivity index is 2.14. The van der Waals surface area contributed by atoms with Gasteiger partial charge in [-0.05, 0) is 43.5 Å². The predicted octanol–water partition coefficient (Wildman–Crippen LogP) is 3.51. The molecule has 2 heteroatoms. The highest BCUT2D eigenvalue weighted by Gasteiger charge is 2.26. The summed E-state index contributed by atoms with van der Waals surface area (Å²) in [6.07, 6.45) is 4.16. The molecule has 1 atom stereocenters. The van der Waals surface area contributed by atoms with Gasteiger partial charge in [-0.3, -0.25) is 0 Å². The Labute approximate surface area is 94.0 Å². The lowest BCUT2D eigenvalue weighted by atomic mass is 9.77. The van der Waals surface area contributed by atoms with Gasteiger partial charge in [-0.1, -0.05) is 34.5 Å². The first-order chi connectivity index (χ1) is 6.81. The molecule has 1 aliphatic carbocycles. The summed E-state index contributed by atoms with van der Waals surface area (Å²) in [5.41, 5.74) is 1.42. The molecule has 0 saturated heterocycles. The van der Waals surface area contributed by atoms with Crippen LogP contribution in [-0.2, 0) is 0 Å². The van der Waals surface area contributed by atoms with Crippen LogP contribution in [0.15, 0.2) is 28.7 Å². The predicted molar refractivity (Wildman–Crippen MR) is 63.3 cm³/mol. The molecule has 1 N–H and O–H groups in total. The molecule has 1 aromatic carbocycles. The summed E-state index contributed by atoms with van der Waals surface area (Å²) in [5, 5.41) is 3.42. The van der Waals surface area contributed by atoms with Crippen molar-refractivity contribution < 1.29 is 0 Å². The number of halogens is 1. The highest BCUT2D eigenvalue weighted by atomic mass is 79.9. The number of benzene rings is 1. The highest BCUT2D eigenvalue weighted by Crippen LogP contribution is 2.37. The fourth-order valence-corrected chi connectivity index (χ4v) is 2.38. The van der Waals surface area contributed by atoms with Crippen LogP contribution in [0.25, 0.3) is 0 Å². The van der Waals surface area contributed by atoms with E-state index in [2.05, 4.69) is 52.6 Å². The summed E-state index contributed by atoms with van der Waals surface area (Å²) in [6.45, 7) is 0. The minimum absolute atomic E-state index is 0.553. The number of hydrogen-bond donors (Lipinski definition) is 1. The van der Waals surface area contributed by atoms with Crippen molar-refractivity contribution in [2.45, 2.75) is 25.3 Å².